The highest BCUT2D eigenvalue weighted by molar-refractivity contribution is 6.43. The van der Waals surface area contributed by atoms with Gasteiger partial charge in [0.25, 0.3) is 0 Å². The van der Waals surface area contributed by atoms with Crippen LogP contribution in [0.3, 0.4) is 0 Å². The van der Waals surface area contributed by atoms with E-state index in [1.54, 1.807) is 24.3 Å². The Morgan fingerprint density at radius 2 is 1.81 bits per heavy atom. The molecule has 7 heteroatoms. The van der Waals surface area contributed by atoms with Crippen LogP contribution in [0.2, 0.25) is 15.1 Å². The minimum absolute atomic E-state index is 0.117. The molecule has 0 atom stereocenters. The molecule has 0 aliphatic heterocycles. The number of benzene rings is 2. The van der Waals surface area contributed by atoms with Gasteiger partial charge in [-0.15, -0.1) is 0 Å². The molecule has 0 fully saturated rings. The predicted octanol–water partition coefficient (Wildman–Crippen LogP) is 4.95. The van der Waals surface area contributed by atoms with Crippen molar-refractivity contribution in [2.45, 2.75) is 6.61 Å². The largest absolute Gasteiger partial charge is 0.482 e. The number of nitrogens with zero attached hydrogens (tertiary/aromatic N) is 1. The molecular weight excluding hydrogens is 335 g/mol. The van der Waals surface area contributed by atoms with Gasteiger partial charge >= 0.3 is 0 Å². The molecule has 2 aromatic carbocycles. The first-order valence-electron chi connectivity index (χ1n) is 5.95. The zero-order valence-corrected chi connectivity index (χ0v) is 12.8. The zero-order chi connectivity index (χ0) is 15.0. The summed E-state index contributed by atoms with van der Waals surface area (Å²) in [4.78, 5) is 4.28. The fourth-order valence-electron chi connectivity index (χ4n) is 1.81. The van der Waals surface area contributed by atoms with Crippen molar-refractivity contribution in [2.24, 2.45) is 0 Å². The number of aromatic nitrogens is 1. The number of hydrogen-bond donors (Lipinski definition) is 1. The summed E-state index contributed by atoms with van der Waals surface area (Å²) < 4.78 is 11.1. The maximum Gasteiger partial charge on any atom is 0.233 e. The van der Waals surface area contributed by atoms with E-state index < -0.39 is 0 Å². The van der Waals surface area contributed by atoms with Gasteiger partial charge in [-0.25, -0.2) is 4.98 Å². The van der Waals surface area contributed by atoms with E-state index in [-0.39, 0.29) is 6.61 Å². The lowest BCUT2D eigenvalue weighted by molar-refractivity contribution is 0.267. The van der Waals surface area contributed by atoms with E-state index in [4.69, 9.17) is 49.7 Å². The second-order valence-corrected chi connectivity index (χ2v) is 5.54. The van der Waals surface area contributed by atoms with Crippen LogP contribution in [-0.4, -0.2) is 4.98 Å². The van der Waals surface area contributed by atoms with Gasteiger partial charge in [0.15, 0.2) is 12.2 Å². The maximum atomic E-state index is 6.03. The first-order chi connectivity index (χ1) is 10.0. The summed E-state index contributed by atoms with van der Waals surface area (Å²) >= 11 is 17.8. The number of hydrogen-bond acceptors (Lipinski definition) is 4. The highest BCUT2D eigenvalue weighted by atomic mass is 35.5. The quantitative estimate of drug-likeness (QED) is 0.540. The highest BCUT2D eigenvalue weighted by Gasteiger charge is 2.10. The Labute approximate surface area is 135 Å². The van der Waals surface area contributed by atoms with Crippen LogP contribution in [0.4, 0.5) is 5.69 Å². The second kappa shape index (κ2) is 5.64. The molecule has 0 saturated carbocycles. The summed E-state index contributed by atoms with van der Waals surface area (Å²) in [5, 5.41) is 1.09. The Balaban J connectivity index is 1.81. The summed E-state index contributed by atoms with van der Waals surface area (Å²) in [5.74, 6) is 0.825. The van der Waals surface area contributed by atoms with Crippen LogP contribution in [0.15, 0.2) is 34.7 Å². The summed E-state index contributed by atoms with van der Waals surface area (Å²) in [6, 6.07) is 8.30. The first-order valence-corrected chi connectivity index (χ1v) is 7.08. The summed E-state index contributed by atoms with van der Waals surface area (Å²) in [6.07, 6.45) is 0. The molecule has 1 aromatic heterocycles. The van der Waals surface area contributed by atoms with Crippen LogP contribution in [0, 0.1) is 0 Å². The third-order valence-corrected chi connectivity index (χ3v) is 3.80. The molecule has 1 heterocycles. The smallest absolute Gasteiger partial charge is 0.233 e. The molecule has 108 valence electrons. The topological polar surface area (TPSA) is 61.3 Å². The summed E-state index contributed by atoms with van der Waals surface area (Å²) in [7, 11) is 0. The van der Waals surface area contributed by atoms with Crippen LogP contribution >= 0.6 is 34.8 Å². The van der Waals surface area contributed by atoms with Crippen molar-refractivity contribution < 1.29 is 9.15 Å². The van der Waals surface area contributed by atoms with Crippen molar-refractivity contribution in [1.29, 1.82) is 0 Å². The molecule has 0 spiro atoms. The maximum absolute atomic E-state index is 6.03. The van der Waals surface area contributed by atoms with Crippen LogP contribution in [0.5, 0.6) is 5.75 Å². The monoisotopic (exact) mass is 342 g/mol. The van der Waals surface area contributed by atoms with E-state index in [1.807, 2.05) is 0 Å². The van der Waals surface area contributed by atoms with E-state index in [1.165, 1.54) is 6.07 Å². The van der Waals surface area contributed by atoms with Gasteiger partial charge in [-0.1, -0.05) is 34.8 Å². The molecule has 21 heavy (non-hydrogen) atoms. The van der Waals surface area contributed by atoms with Crippen LogP contribution < -0.4 is 10.5 Å². The van der Waals surface area contributed by atoms with Crippen LogP contribution in [0.1, 0.15) is 5.89 Å². The zero-order valence-electron chi connectivity index (χ0n) is 10.6. The Morgan fingerprint density at radius 1 is 1.05 bits per heavy atom. The van der Waals surface area contributed by atoms with E-state index in [9.17, 15) is 0 Å². The summed E-state index contributed by atoms with van der Waals surface area (Å²) in [5.41, 5.74) is 7.63. The van der Waals surface area contributed by atoms with Gasteiger partial charge in [0.1, 0.15) is 11.3 Å². The molecule has 0 bridgehead atoms. The van der Waals surface area contributed by atoms with E-state index >= 15 is 0 Å². The minimum atomic E-state index is 0.117. The fraction of sp³-hybridized carbons (Fsp3) is 0.0714. The standard InChI is InChI=1S/C14H9Cl3N2O2/c15-8-4-10(17)13(5-9(8)16)20-6-14-19-11-3-7(18)1-2-12(11)21-14/h1-5H,6,18H2. The highest BCUT2D eigenvalue weighted by Crippen LogP contribution is 2.34. The molecule has 0 amide bonds. The Hall–Kier alpha value is -1.62. The van der Waals surface area contributed by atoms with E-state index in [0.717, 1.165) is 0 Å². The van der Waals surface area contributed by atoms with Crippen molar-refractivity contribution in [1.82, 2.24) is 4.98 Å². The molecule has 0 aliphatic carbocycles. The third kappa shape index (κ3) is 3.02. The minimum Gasteiger partial charge on any atom is -0.482 e. The molecule has 3 aromatic rings. The average molecular weight is 344 g/mol. The van der Waals surface area contributed by atoms with Crippen LogP contribution in [-0.2, 0) is 6.61 Å². The molecule has 4 nitrogen and oxygen atoms in total. The van der Waals surface area contributed by atoms with Crippen molar-refractivity contribution in [3.63, 3.8) is 0 Å². The van der Waals surface area contributed by atoms with Gasteiger partial charge in [0.05, 0.1) is 15.1 Å². The van der Waals surface area contributed by atoms with Crippen molar-refractivity contribution in [2.75, 3.05) is 5.73 Å². The Morgan fingerprint density at radius 3 is 2.62 bits per heavy atom. The SMILES string of the molecule is Nc1ccc2oc(COc3cc(Cl)c(Cl)cc3Cl)nc2c1. The molecule has 0 aliphatic rings. The molecule has 0 unspecified atom stereocenters. The molecular formula is C14H9Cl3N2O2. The number of oxazole rings is 1. The Bertz CT molecular complexity index is 817. The van der Waals surface area contributed by atoms with E-state index in [0.29, 0.717) is 43.5 Å². The Kier molecular flexibility index (Phi) is 3.85. The van der Waals surface area contributed by atoms with Gasteiger partial charge < -0.3 is 14.9 Å². The summed E-state index contributed by atoms with van der Waals surface area (Å²) in [6.45, 7) is 0.117. The lowest BCUT2D eigenvalue weighted by Gasteiger charge is -2.07. The van der Waals surface area contributed by atoms with Gasteiger partial charge in [-0.2, -0.15) is 0 Å². The molecule has 2 N–H and O–H groups in total. The number of nitrogens with two attached hydrogens (primary N) is 1. The van der Waals surface area contributed by atoms with Crippen molar-refractivity contribution >= 4 is 51.6 Å². The normalized spacial score (nSPS) is 11.0. The molecule has 3 rings (SSSR count). The predicted molar refractivity (Wildman–Crippen MR) is 84.2 cm³/mol. The van der Waals surface area contributed by atoms with Gasteiger partial charge in [0.2, 0.25) is 5.89 Å². The number of rotatable bonds is 3. The van der Waals surface area contributed by atoms with Gasteiger partial charge in [0, 0.05) is 11.8 Å². The number of nitrogen functional groups attached to an aromatic ring is 1. The average Bonchev–Trinajstić information content (AvgIpc) is 2.83. The third-order valence-electron chi connectivity index (χ3n) is 2.78. The number of ether oxygens (including phenoxy) is 1. The number of fused-ring (bicyclic) bond motifs is 1. The van der Waals surface area contributed by atoms with Gasteiger partial charge in [-0.3, -0.25) is 0 Å². The van der Waals surface area contributed by atoms with Crippen molar-refractivity contribution in [3.05, 3.63) is 51.3 Å². The van der Waals surface area contributed by atoms with Crippen LogP contribution in [0.25, 0.3) is 11.1 Å². The molecule has 0 radical (unpaired) electrons. The number of halogens is 3. The lowest BCUT2D eigenvalue weighted by atomic mass is 10.3. The van der Waals surface area contributed by atoms with Crippen molar-refractivity contribution in [3.8, 4) is 5.75 Å². The second-order valence-electron chi connectivity index (χ2n) is 4.32. The van der Waals surface area contributed by atoms with Gasteiger partial charge in [-0.05, 0) is 24.3 Å². The fourth-order valence-corrected chi connectivity index (χ4v) is 2.40. The number of anilines is 1. The lowest BCUT2D eigenvalue weighted by Crippen LogP contribution is -1.96. The van der Waals surface area contributed by atoms with E-state index in [2.05, 4.69) is 4.98 Å². The first kappa shape index (κ1) is 14.3. The molecule has 0 saturated heterocycles.